The van der Waals surface area contributed by atoms with Crippen LogP contribution in [-0.4, -0.2) is 21.6 Å². The number of nitrogens with zero attached hydrogens (tertiary/aromatic N) is 1. The number of rotatable bonds is 4. The SMILES string of the molecule is CC(C)(CC(=O)O)Nc1ccc(C(F)(F)F)cn1. The molecule has 1 heterocycles. The molecule has 0 aromatic carbocycles. The van der Waals surface area contributed by atoms with Gasteiger partial charge in [0.25, 0.3) is 0 Å². The van der Waals surface area contributed by atoms with E-state index in [4.69, 9.17) is 5.11 Å². The summed E-state index contributed by atoms with van der Waals surface area (Å²) in [7, 11) is 0. The van der Waals surface area contributed by atoms with Crippen molar-refractivity contribution >= 4 is 11.8 Å². The van der Waals surface area contributed by atoms with E-state index in [-0.39, 0.29) is 12.2 Å². The molecule has 18 heavy (non-hydrogen) atoms. The molecule has 1 rings (SSSR count). The molecule has 0 atom stereocenters. The van der Waals surface area contributed by atoms with Gasteiger partial charge in [-0.3, -0.25) is 4.79 Å². The van der Waals surface area contributed by atoms with Crippen LogP contribution in [0.2, 0.25) is 0 Å². The summed E-state index contributed by atoms with van der Waals surface area (Å²) in [5.41, 5.74) is -1.64. The second kappa shape index (κ2) is 4.83. The van der Waals surface area contributed by atoms with Gasteiger partial charge in [0.2, 0.25) is 0 Å². The van der Waals surface area contributed by atoms with Gasteiger partial charge >= 0.3 is 12.1 Å². The predicted molar refractivity (Wildman–Crippen MR) is 59.2 cm³/mol. The van der Waals surface area contributed by atoms with E-state index in [1.807, 2.05) is 0 Å². The number of halogens is 3. The highest BCUT2D eigenvalue weighted by Crippen LogP contribution is 2.29. The highest BCUT2D eigenvalue weighted by Gasteiger charge is 2.31. The average molecular weight is 262 g/mol. The lowest BCUT2D eigenvalue weighted by atomic mass is 10.0. The molecule has 7 heteroatoms. The highest BCUT2D eigenvalue weighted by atomic mass is 19.4. The van der Waals surface area contributed by atoms with Gasteiger partial charge in [0.1, 0.15) is 5.82 Å². The molecule has 1 aromatic rings. The molecule has 0 bridgehead atoms. The zero-order chi connectivity index (χ0) is 14.0. The van der Waals surface area contributed by atoms with Crippen molar-refractivity contribution in [3.05, 3.63) is 23.9 Å². The summed E-state index contributed by atoms with van der Waals surface area (Å²) in [6.07, 6.45) is -3.89. The van der Waals surface area contributed by atoms with Gasteiger partial charge < -0.3 is 10.4 Å². The molecule has 0 spiro atoms. The minimum Gasteiger partial charge on any atom is -0.481 e. The maximum absolute atomic E-state index is 12.3. The van der Waals surface area contributed by atoms with E-state index in [2.05, 4.69) is 10.3 Å². The Hall–Kier alpha value is -1.79. The summed E-state index contributed by atoms with van der Waals surface area (Å²) in [6.45, 7) is 3.25. The number of carboxylic acid groups (broad SMARTS) is 1. The number of aliphatic carboxylic acids is 1. The number of aromatic nitrogens is 1. The first-order valence-corrected chi connectivity index (χ1v) is 5.13. The number of hydrogen-bond donors (Lipinski definition) is 2. The van der Waals surface area contributed by atoms with Crippen LogP contribution in [-0.2, 0) is 11.0 Å². The molecule has 0 aliphatic rings. The molecule has 0 saturated heterocycles. The first-order valence-electron chi connectivity index (χ1n) is 5.13. The van der Waals surface area contributed by atoms with Crippen LogP contribution in [0.1, 0.15) is 25.8 Å². The van der Waals surface area contributed by atoms with Gasteiger partial charge in [-0.25, -0.2) is 4.98 Å². The third-order valence-electron chi connectivity index (χ3n) is 2.15. The average Bonchev–Trinajstić information content (AvgIpc) is 2.13. The molecule has 4 nitrogen and oxygen atoms in total. The second-order valence-electron chi connectivity index (χ2n) is 4.51. The van der Waals surface area contributed by atoms with Crippen LogP contribution >= 0.6 is 0 Å². The fourth-order valence-electron chi connectivity index (χ4n) is 1.40. The monoisotopic (exact) mass is 262 g/mol. The van der Waals surface area contributed by atoms with Crippen molar-refractivity contribution in [2.24, 2.45) is 0 Å². The molecular formula is C11H13F3N2O2. The molecule has 1 aromatic heterocycles. The summed E-state index contributed by atoms with van der Waals surface area (Å²) in [6, 6.07) is 2.07. The Morgan fingerprint density at radius 1 is 1.39 bits per heavy atom. The number of anilines is 1. The number of alkyl halides is 3. The Bertz CT molecular complexity index is 427. The number of pyridine rings is 1. The quantitative estimate of drug-likeness (QED) is 0.875. The van der Waals surface area contributed by atoms with Gasteiger partial charge in [-0.15, -0.1) is 0 Å². The summed E-state index contributed by atoms with van der Waals surface area (Å²) in [5.74, 6) is -0.798. The van der Waals surface area contributed by atoms with E-state index >= 15 is 0 Å². The van der Waals surface area contributed by atoms with Crippen LogP contribution in [0.5, 0.6) is 0 Å². The zero-order valence-corrected chi connectivity index (χ0v) is 9.88. The number of nitrogens with one attached hydrogen (secondary N) is 1. The van der Waals surface area contributed by atoms with Crippen LogP contribution in [0.15, 0.2) is 18.3 Å². The molecule has 0 radical (unpaired) electrons. The Balaban J connectivity index is 2.78. The van der Waals surface area contributed by atoms with Crippen molar-refractivity contribution in [3.63, 3.8) is 0 Å². The molecule has 0 fully saturated rings. The van der Waals surface area contributed by atoms with E-state index in [0.717, 1.165) is 6.07 Å². The topological polar surface area (TPSA) is 62.2 Å². The smallest absolute Gasteiger partial charge is 0.417 e. The predicted octanol–water partition coefficient (Wildman–Crippen LogP) is 2.77. The van der Waals surface area contributed by atoms with Crippen LogP contribution < -0.4 is 5.32 Å². The Kier molecular flexibility index (Phi) is 3.83. The van der Waals surface area contributed by atoms with Crippen LogP contribution in [0.25, 0.3) is 0 Å². The lowest BCUT2D eigenvalue weighted by molar-refractivity contribution is -0.138. The van der Waals surface area contributed by atoms with Crippen molar-refractivity contribution in [2.45, 2.75) is 32.0 Å². The standard InChI is InChI=1S/C11H13F3N2O2/c1-10(2,5-9(17)18)16-8-4-3-7(6-15-8)11(12,13)14/h3-4,6H,5H2,1-2H3,(H,15,16)(H,17,18). The third-order valence-corrected chi connectivity index (χ3v) is 2.15. The first kappa shape index (κ1) is 14.3. The van der Waals surface area contributed by atoms with Crippen LogP contribution in [0, 0.1) is 0 Å². The maximum Gasteiger partial charge on any atom is 0.417 e. The molecular weight excluding hydrogens is 249 g/mol. The minimum atomic E-state index is -4.43. The van der Waals surface area contributed by atoms with E-state index < -0.39 is 23.2 Å². The van der Waals surface area contributed by atoms with Crippen molar-refractivity contribution in [1.29, 1.82) is 0 Å². The van der Waals surface area contributed by atoms with Crippen molar-refractivity contribution in [2.75, 3.05) is 5.32 Å². The number of carbonyl (C=O) groups is 1. The van der Waals surface area contributed by atoms with E-state index in [9.17, 15) is 18.0 Å². The van der Waals surface area contributed by atoms with Crippen LogP contribution in [0.4, 0.5) is 19.0 Å². The van der Waals surface area contributed by atoms with Gasteiger partial charge in [-0.2, -0.15) is 13.2 Å². The van der Waals surface area contributed by atoms with Crippen molar-refractivity contribution in [1.82, 2.24) is 4.98 Å². The summed E-state index contributed by atoms with van der Waals surface area (Å²) in [4.78, 5) is 14.2. The van der Waals surface area contributed by atoms with Crippen molar-refractivity contribution in [3.8, 4) is 0 Å². The van der Waals surface area contributed by atoms with Gasteiger partial charge in [-0.05, 0) is 26.0 Å². The third kappa shape index (κ3) is 4.23. The lowest BCUT2D eigenvalue weighted by Crippen LogP contribution is -2.34. The first-order chi connectivity index (χ1) is 8.10. The lowest BCUT2D eigenvalue weighted by Gasteiger charge is -2.25. The minimum absolute atomic E-state index is 0.171. The van der Waals surface area contributed by atoms with E-state index in [0.29, 0.717) is 6.20 Å². The number of hydrogen-bond acceptors (Lipinski definition) is 3. The fraction of sp³-hybridized carbons (Fsp3) is 0.455. The second-order valence-corrected chi connectivity index (χ2v) is 4.51. The fourth-order valence-corrected chi connectivity index (χ4v) is 1.40. The summed E-state index contributed by atoms with van der Waals surface area (Å²) < 4.78 is 36.9. The summed E-state index contributed by atoms with van der Waals surface area (Å²) in [5, 5.41) is 11.4. The maximum atomic E-state index is 12.3. The normalized spacial score (nSPS) is 12.3. The Labute approximate surface area is 102 Å². The molecule has 0 unspecified atom stereocenters. The Morgan fingerprint density at radius 2 is 2.00 bits per heavy atom. The van der Waals surface area contributed by atoms with Gasteiger partial charge in [0, 0.05) is 11.7 Å². The molecule has 0 aliphatic heterocycles. The van der Waals surface area contributed by atoms with Crippen LogP contribution in [0.3, 0.4) is 0 Å². The number of carboxylic acids is 1. The van der Waals surface area contributed by atoms with Gasteiger partial charge in [0.05, 0.1) is 12.0 Å². The van der Waals surface area contributed by atoms with Crippen molar-refractivity contribution < 1.29 is 23.1 Å². The molecule has 2 N–H and O–H groups in total. The van der Waals surface area contributed by atoms with Gasteiger partial charge in [-0.1, -0.05) is 0 Å². The molecule has 0 aliphatic carbocycles. The molecule has 0 amide bonds. The highest BCUT2D eigenvalue weighted by molar-refractivity contribution is 5.69. The largest absolute Gasteiger partial charge is 0.481 e. The Morgan fingerprint density at radius 3 is 2.39 bits per heavy atom. The van der Waals surface area contributed by atoms with E-state index in [1.165, 1.54) is 6.07 Å². The van der Waals surface area contributed by atoms with Gasteiger partial charge in [0.15, 0.2) is 0 Å². The zero-order valence-electron chi connectivity index (χ0n) is 9.88. The van der Waals surface area contributed by atoms with E-state index in [1.54, 1.807) is 13.8 Å². The molecule has 0 saturated carbocycles. The summed E-state index contributed by atoms with van der Waals surface area (Å²) >= 11 is 0. The molecule has 100 valence electrons.